The van der Waals surface area contributed by atoms with Gasteiger partial charge in [0.25, 0.3) is 5.56 Å². The lowest BCUT2D eigenvalue weighted by molar-refractivity contribution is -0.149. The van der Waals surface area contributed by atoms with E-state index in [9.17, 15) is 18.0 Å². The number of rotatable bonds is 2. The molecule has 1 aromatic carbocycles. The van der Waals surface area contributed by atoms with Crippen LogP contribution in [0.5, 0.6) is 0 Å². The molecule has 1 unspecified atom stereocenters. The van der Waals surface area contributed by atoms with Gasteiger partial charge in [0.05, 0.1) is 18.3 Å². The van der Waals surface area contributed by atoms with Crippen LogP contribution in [0.3, 0.4) is 0 Å². The lowest BCUT2D eigenvalue weighted by Gasteiger charge is -2.29. The Balaban J connectivity index is 1.84. The minimum Gasteiger partial charge on any atom is -0.481 e. The van der Waals surface area contributed by atoms with Crippen molar-refractivity contribution in [1.29, 1.82) is 0 Å². The van der Waals surface area contributed by atoms with Crippen LogP contribution in [-0.2, 0) is 11.8 Å². The largest absolute Gasteiger partial charge is 0.481 e. The van der Waals surface area contributed by atoms with Crippen LogP contribution in [-0.4, -0.2) is 28.9 Å². The maximum absolute atomic E-state index is 13.2. The Hall–Kier alpha value is -3.00. The van der Waals surface area contributed by atoms with Crippen LogP contribution in [0.1, 0.15) is 5.56 Å². The minimum atomic E-state index is -4.42. The number of nitrogens with one attached hydrogen (secondary N) is 1. The molecular weight excluding hydrogens is 359 g/mol. The second kappa shape index (κ2) is 6.02. The van der Waals surface area contributed by atoms with Crippen LogP contribution in [0.25, 0.3) is 16.5 Å². The van der Waals surface area contributed by atoms with Gasteiger partial charge >= 0.3 is 6.18 Å². The third kappa shape index (κ3) is 2.82. The van der Waals surface area contributed by atoms with E-state index in [1.54, 1.807) is 37.4 Å². The Bertz CT molecular complexity index is 1080. The number of nitrogens with zero attached hydrogens (tertiary/aromatic N) is 2. The van der Waals surface area contributed by atoms with Crippen molar-refractivity contribution in [2.45, 2.75) is 12.2 Å². The summed E-state index contributed by atoms with van der Waals surface area (Å²) < 4.78 is 46.3. The number of aryl methyl sites for hydroxylation is 1. The number of halogens is 3. The first kappa shape index (κ1) is 17.4. The highest BCUT2D eigenvalue weighted by atomic mass is 19.4. The first-order chi connectivity index (χ1) is 12.8. The molecule has 5 nitrogen and oxygen atoms in total. The fraction of sp³-hybridized carbons (Fsp3) is 0.211. The first-order valence-electron chi connectivity index (χ1n) is 8.21. The van der Waals surface area contributed by atoms with E-state index < -0.39 is 12.2 Å². The van der Waals surface area contributed by atoms with E-state index in [1.807, 2.05) is 6.07 Å². The topological polar surface area (TPSA) is 46.5 Å². The number of hydrogen-bond acceptors (Lipinski definition) is 4. The fourth-order valence-corrected chi connectivity index (χ4v) is 3.31. The Morgan fingerprint density at radius 3 is 2.63 bits per heavy atom. The summed E-state index contributed by atoms with van der Waals surface area (Å²) in [5.74, 6) is 0.278. The van der Waals surface area contributed by atoms with Gasteiger partial charge in [-0.15, -0.1) is 0 Å². The number of benzene rings is 1. The highest BCUT2D eigenvalue weighted by Gasteiger charge is 2.45. The van der Waals surface area contributed by atoms with Gasteiger partial charge in [-0.25, -0.2) is 10.4 Å². The van der Waals surface area contributed by atoms with Crippen molar-refractivity contribution in [3.05, 3.63) is 76.1 Å². The Labute approximate surface area is 152 Å². The smallest absolute Gasteiger partial charge is 0.409 e. The van der Waals surface area contributed by atoms with Crippen LogP contribution in [0, 0.1) is 0 Å². The van der Waals surface area contributed by atoms with Gasteiger partial charge in [0.2, 0.25) is 5.88 Å². The van der Waals surface area contributed by atoms with Crippen molar-refractivity contribution in [3.8, 4) is 0 Å². The van der Waals surface area contributed by atoms with Crippen molar-refractivity contribution in [2.24, 2.45) is 7.05 Å². The maximum atomic E-state index is 13.2. The Kier molecular flexibility index (Phi) is 3.88. The van der Waals surface area contributed by atoms with Gasteiger partial charge in [-0.3, -0.25) is 4.79 Å². The molecule has 0 radical (unpaired) electrons. The number of allylic oxidation sites excluding steroid dienone is 3. The molecule has 2 aliphatic heterocycles. The van der Waals surface area contributed by atoms with Crippen molar-refractivity contribution >= 4 is 16.5 Å². The summed E-state index contributed by atoms with van der Waals surface area (Å²) in [7, 11) is 3.08. The second-order valence-electron chi connectivity index (χ2n) is 6.33. The summed E-state index contributed by atoms with van der Waals surface area (Å²) in [6.45, 7) is 0. The van der Waals surface area contributed by atoms with E-state index in [1.165, 1.54) is 22.8 Å². The number of hydrogen-bond donors (Lipinski definition) is 1. The summed E-state index contributed by atoms with van der Waals surface area (Å²) >= 11 is 0. The van der Waals surface area contributed by atoms with Gasteiger partial charge in [-0.2, -0.15) is 13.2 Å². The molecule has 0 saturated carbocycles. The van der Waals surface area contributed by atoms with Crippen LogP contribution in [0.2, 0.25) is 0 Å². The van der Waals surface area contributed by atoms with Crippen molar-refractivity contribution in [2.75, 3.05) is 7.11 Å². The molecule has 0 fully saturated rings. The third-order valence-corrected chi connectivity index (χ3v) is 4.72. The van der Waals surface area contributed by atoms with Crippen molar-refractivity contribution in [1.82, 2.24) is 15.0 Å². The first-order valence-corrected chi connectivity index (χ1v) is 8.21. The normalized spacial score (nSPS) is 19.5. The molecule has 1 atom stereocenters. The molecule has 27 heavy (non-hydrogen) atoms. The molecule has 4 rings (SSSR count). The summed E-state index contributed by atoms with van der Waals surface area (Å²) in [5.41, 5.74) is 4.80. The molecule has 8 heteroatoms. The molecule has 2 aliphatic rings. The van der Waals surface area contributed by atoms with E-state index in [0.29, 0.717) is 11.3 Å². The Morgan fingerprint density at radius 1 is 1.15 bits per heavy atom. The molecule has 0 saturated heterocycles. The Morgan fingerprint density at radius 2 is 1.93 bits per heavy atom. The van der Waals surface area contributed by atoms with Crippen molar-refractivity contribution < 1.29 is 17.9 Å². The number of pyridine rings is 1. The molecule has 140 valence electrons. The van der Waals surface area contributed by atoms with Crippen LogP contribution >= 0.6 is 0 Å². The summed E-state index contributed by atoms with van der Waals surface area (Å²) in [4.78, 5) is 11.8. The van der Waals surface area contributed by atoms with Gasteiger partial charge in [-0.1, -0.05) is 6.07 Å². The number of alkyl halides is 3. The lowest BCUT2D eigenvalue weighted by atomic mass is 9.98. The molecule has 1 aromatic heterocycles. The average molecular weight is 375 g/mol. The summed E-state index contributed by atoms with van der Waals surface area (Å²) in [6.07, 6.45) is 0.0624. The maximum Gasteiger partial charge on any atom is 0.409 e. The number of methoxy groups -OCH3 is 1. The summed E-state index contributed by atoms with van der Waals surface area (Å²) in [6, 6.07) is 6.81. The van der Waals surface area contributed by atoms with E-state index in [-0.39, 0.29) is 11.4 Å². The molecular formula is C19H16F3N3O2. The monoisotopic (exact) mass is 375 g/mol. The van der Waals surface area contributed by atoms with Gasteiger partial charge in [0, 0.05) is 24.8 Å². The molecule has 1 N–H and O–H groups in total. The molecule has 0 bridgehead atoms. The predicted octanol–water partition coefficient (Wildman–Crippen LogP) is 3.06. The third-order valence-electron chi connectivity index (χ3n) is 4.72. The van der Waals surface area contributed by atoms with E-state index >= 15 is 0 Å². The van der Waals surface area contributed by atoms with Crippen molar-refractivity contribution in [3.63, 3.8) is 0 Å². The summed E-state index contributed by atoms with van der Waals surface area (Å²) in [5, 5.41) is 2.13. The minimum absolute atomic E-state index is 0.123. The molecule has 0 spiro atoms. The van der Waals surface area contributed by atoms with E-state index in [4.69, 9.17) is 4.74 Å². The van der Waals surface area contributed by atoms with Gasteiger partial charge in [0.15, 0.2) is 0 Å². The molecule has 2 aromatic rings. The average Bonchev–Trinajstić information content (AvgIpc) is 3.09. The standard InChI is InChI=1S/C19H16F3N3O2/c1-24-14-6-3-11(9-12(14)4-7-17(24)26)13-5-8-18(27-2)25-15(13)10-16(23-25)19(20,21)22/h3-10,16,23H,1-2H3. The number of hydrazine groups is 1. The van der Waals surface area contributed by atoms with Gasteiger partial charge in [0.1, 0.15) is 6.04 Å². The van der Waals surface area contributed by atoms with E-state index in [2.05, 4.69) is 5.43 Å². The quantitative estimate of drug-likeness (QED) is 0.877. The number of fused-ring (bicyclic) bond motifs is 2. The highest BCUT2D eigenvalue weighted by molar-refractivity contribution is 5.88. The molecule has 3 heterocycles. The SMILES string of the molecule is COC1=CC=C(c2ccc3c(ccc(=O)n3C)c2)C2=CC(C(F)(F)F)NN12. The van der Waals surface area contributed by atoms with E-state index in [0.717, 1.165) is 22.5 Å². The number of aromatic nitrogens is 1. The van der Waals surface area contributed by atoms with Gasteiger partial charge in [-0.05, 0) is 41.3 Å². The predicted molar refractivity (Wildman–Crippen MR) is 95.2 cm³/mol. The van der Waals surface area contributed by atoms with Crippen LogP contribution < -0.4 is 11.0 Å². The lowest BCUT2D eigenvalue weighted by Crippen LogP contribution is -2.44. The van der Waals surface area contributed by atoms with Crippen LogP contribution in [0.15, 0.2) is 64.9 Å². The second-order valence-corrected chi connectivity index (χ2v) is 6.33. The zero-order valence-electron chi connectivity index (χ0n) is 14.5. The zero-order chi connectivity index (χ0) is 19.3. The molecule has 0 aliphatic carbocycles. The number of ether oxygens (including phenoxy) is 1. The fourth-order valence-electron chi connectivity index (χ4n) is 3.31. The van der Waals surface area contributed by atoms with Crippen LogP contribution in [0.4, 0.5) is 13.2 Å². The van der Waals surface area contributed by atoms with Gasteiger partial charge < -0.3 is 9.30 Å². The molecule has 0 amide bonds. The highest BCUT2D eigenvalue weighted by Crippen LogP contribution is 2.38. The zero-order valence-corrected chi connectivity index (χ0v) is 14.5.